The van der Waals surface area contributed by atoms with Crippen LogP contribution in [0.4, 0.5) is 5.82 Å². The number of fused-ring (bicyclic) bond motifs is 1. The van der Waals surface area contributed by atoms with Gasteiger partial charge in [0.2, 0.25) is 5.91 Å². The van der Waals surface area contributed by atoms with Gasteiger partial charge in [0.1, 0.15) is 17.8 Å². The number of H-pyrrole nitrogens is 1. The number of nitrogens with zero attached hydrogens (tertiary/aromatic N) is 6. The van der Waals surface area contributed by atoms with Crippen LogP contribution in [0.2, 0.25) is 5.02 Å². The molecule has 32 heavy (non-hydrogen) atoms. The third-order valence-electron chi connectivity index (χ3n) is 5.89. The van der Waals surface area contributed by atoms with E-state index in [1.807, 2.05) is 48.6 Å². The zero-order valence-corrected chi connectivity index (χ0v) is 18.6. The van der Waals surface area contributed by atoms with Crippen molar-refractivity contribution < 1.29 is 4.79 Å². The molecule has 1 fully saturated rings. The lowest BCUT2D eigenvalue weighted by Crippen LogP contribution is -2.49. The van der Waals surface area contributed by atoms with Crippen LogP contribution in [0.15, 0.2) is 49.1 Å². The summed E-state index contributed by atoms with van der Waals surface area (Å²) in [4.78, 5) is 29.2. The van der Waals surface area contributed by atoms with Crippen molar-refractivity contribution in [3.8, 4) is 11.3 Å². The number of aryl methyl sites for hydroxylation is 2. The Balaban J connectivity index is 1.24. The predicted octanol–water partition coefficient (Wildman–Crippen LogP) is 3.29. The Morgan fingerprint density at radius 2 is 1.91 bits per heavy atom. The third-order valence-corrected chi connectivity index (χ3v) is 6.15. The molecule has 3 aromatic heterocycles. The standard InChI is InChI=1S/C23H24ClN7O/c1-29-14-17(13-27-29)20-12-19-22(28-20)25-15-26-23(19)31-10-8-30(9-11-31)21(32)7-4-16-2-5-18(24)6-3-16/h2-3,5-6,12-15H,4,7-11H2,1H3,(H,25,26,28). The lowest BCUT2D eigenvalue weighted by atomic mass is 10.1. The molecule has 1 aromatic carbocycles. The maximum atomic E-state index is 12.7. The summed E-state index contributed by atoms with van der Waals surface area (Å²) < 4.78 is 1.77. The Labute approximate surface area is 190 Å². The highest BCUT2D eigenvalue weighted by Gasteiger charge is 2.23. The van der Waals surface area contributed by atoms with Gasteiger partial charge in [0, 0.05) is 56.4 Å². The second-order valence-electron chi connectivity index (χ2n) is 8.04. The number of nitrogens with one attached hydrogen (secondary N) is 1. The van der Waals surface area contributed by atoms with Gasteiger partial charge >= 0.3 is 0 Å². The highest BCUT2D eigenvalue weighted by atomic mass is 35.5. The van der Waals surface area contributed by atoms with E-state index in [-0.39, 0.29) is 5.91 Å². The topological polar surface area (TPSA) is 82.9 Å². The third kappa shape index (κ3) is 4.18. The monoisotopic (exact) mass is 449 g/mol. The summed E-state index contributed by atoms with van der Waals surface area (Å²) in [6.07, 6.45) is 6.61. The number of aromatic amines is 1. The quantitative estimate of drug-likeness (QED) is 0.505. The lowest BCUT2D eigenvalue weighted by molar-refractivity contribution is -0.131. The molecule has 4 aromatic rings. The van der Waals surface area contributed by atoms with Crippen LogP contribution in [-0.2, 0) is 18.3 Å². The van der Waals surface area contributed by atoms with Gasteiger partial charge in [-0.05, 0) is 30.2 Å². The molecule has 9 heteroatoms. The van der Waals surface area contributed by atoms with E-state index in [4.69, 9.17) is 11.6 Å². The molecule has 1 aliphatic heterocycles. The molecule has 0 atom stereocenters. The lowest BCUT2D eigenvalue weighted by Gasteiger charge is -2.35. The molecule has 0 saturated carbocycles. The fraction of sp³-hybridized carbons (Fsp3) is 0.304. The Morgan fingerprint density at radius 1 is 1.12 bits per heavy atom. The normalized spacial score (nSPS) is 14.3. The van der Waals surface area contributed by atoms with Gasteiger partial charge in [-0.1, -0.05) is 23.7 Å². The SMILES string of the molecule is Cn1cc(-c2cc3c(N4CCN(C(=O)CCc5ccc(Cl)cc5)CC4)ncnc3[nH]2)cn1. The number of aromatic nitrogens is 5. The zero-order valence-electron chi connectivity index (χ0n) is 17.8. The van der Waals surface area contributed by atoms with Gasteiger partial charge in [-0.15, -0.1) is 0 Å². The fourth-order valence-corrected chi connectivity index (χ4v) is 4.25. The highest BCUT2D eigenvalue weighted by molar-refractivity contribution is 6.30. The number of benzene rings is 1. The minimum absolute atomic E-state index is 0.188. The maximum Gasteiger partial charge on any atom is 0.223 e. The Bertz CT molecular complexity index is 1240. The van der Waals surface area contributed by atoms with Gasteiger partial charge in [-0.25, -0.2) is 9.97 Å². The molecule has 0 aliphatic carbocycles. The molecule has 164 valence electrons. The van der Waals surface area contributed by atoms with Crippen LogP contribution in [0.25, 0.3) is 22.3 Å². The molecule has 1 aliphatic rings. The smallest absolute Gasteiger partial charge is 0.223 e. The number of rotatable bonds is 5. The summed E-state index contributed by atoms with van der Waals surface area (Å²) in [6, 6.07) is 9.76. The molecular weight excluding hydrogens is 426 g/mol. The molecule has 0 bridgehead atoms. The van der Waals surface area contributed by atoms with Gasteiger partial charge in [-0.2, -0.15) is 5.10 Å². The first-order valence-corrected chi connectivity index (χ1v) is 11.0. The first-order valence-electron chi connectivity index (χ1n) is 10.7. The Hall–Kier alpha value is -3.39. The van der Waals surface area contributed by atoms with Crippen molar-refractivity contribution in [1.82, 2.24) is 29.6 Å². The van der Waals surface area contributed by atoms with E-state index >= 15 is 0 Å². The summed E-state index contributed by atoms with van der Waals surface area (Å²) in [5.41, 5.74) is 3.90. The van der Waals surface area contributed by atoms with Crippen LogP contribution in [0, 0.1) is 0 Å². The number of carbonyl (C=O) groups is 1. The van der Waals surface area contributed by atoms with E-state index in [1.54, 1.807) is 11.0 Å². The number of anilines is 1. The number of amides is 1. The van der Waals surface area contributed by atoms with E-state index in [9.17, 15) is 4.79 Å². The number of carbonyl (C=O) groups excluding carboxylic acids is 1. The molecule has 0 radical (unpaired) electrons. The van der Waals surface area contributed by atoms with E-state index in [1.165, 1.54) is 0 Å². The second-order valence-corrected chi connectivity index (χ2v) is 8.48. The largest absolute Gasteiger partial charge is 0.352 e. The minimum atomic E-state index is 0.188. The van der Waals surface area contributed by atoms with Crippen LogP contribution < -0.4 is 4.90 Å². The van der Waals surface area contributed by atoms with Crippen molar-refractivity contribution >= 4 is 34.4 Å². The molecule has 4 heterocycles. The summed E-state index contributed by atoms with van der Waals surface area (Å²) >= 11 is 5.94. The number of hydrogen-bond donors (Lipinski definition) is 1. The molecule has 0 spiro atoms. The van der Waals surface area contributed by atoms with Gasteiger partial charge in [0.15, 0.2) is 0 Å². The van der Waals surface area contributed by atoms with Gasteiger partial charge in [0.05, 0.1) is 17.3 Å². The van der Waals surface area contributed by atoms with Crippen LogP contribution in [-0.4, -0.2) is 61.7 Å². The van der Waals surface area contributed by atoms with Gasteiger partial charge in [-0.3, -0.25) is 9.48 Å². The van der Waals surface area contributed by atoms with Crippen molar-refractivity contribution in [3.63, 3.8) is 0 Å². The summed E-state index contributed by atoms with van der Waals surface area (Å²) in [7, 11) is 1.90. The molecule has 0 unspecified atom stereocenters. The first-order chi connectivity index (χ1) is 15.6. The van der Waals surface area contributed by atoms with E-state index in [0.29, 0.717) is 24.5 Å². The van der Waals surface area contributed by atoms with Crippen molar-refractivity contribution in [2.24, 2.45) is 7.05 Å². The summed E-state index contributed by atoms with van der Waals surface area (Å²) in [6.45, 7) is 2.86. The first kappa shape index (κ1) is 20.5. The summed E-state index contributed by atoms with van der Waals surface area (Å²) in [5, 5.41) is 5.94. The van der Waals surface area contributed by atoms with Crippen molar-refractivity contribution in [1.29, 1.82) is 0 Å². The van der Waals surface area contributed by atoms with Crippen LogP contribution in [0.3, 0.4) is 0 Å². The second kappa shape index (κ2) is 8.63. The van der Waals surface area contributed by atoms with E-state index in [2.05, 4.69) is 31.0 Å². The molecular formula is C23H24ClN7O. The van der Waals surface area contributed by atoms with E-state index < -0.39 is 0 Å². The maximum absolute atomic E-state index is 12.7. The van der Waals surface area contributed by atoms with Crippen LogP contribution >= 0.6 is 11.6 Å². The van der Waals surface area contributed by atoms with E-state index in [0.717, 1.165) is 53.2 Å². The molecule has 1 amide bonds. The molecule has 1 saturated heterocycles. The van der Waals surface area contributed by atoms with Crippen molar-refractivity contribution in [3.05, 3.63) is 59.6 Å². The molecule has 8 nitrogen and oxygen atoms in total. The minimum Gasteiger partial charge on any atom is -0.352 e. The van der Waals surface area contributed by atoms with Crippen LogP contribution in [0.5, 0.6) is 0 Å². The number of piperazine rings is 1. The number of hydrogen-bond acceptors (Lipinski definition) is 5. The number of halogens is 1. The molecule has 5 rings (SSSR count). The fourth-order valence-electron chi connectivity index (χ4n) is 4.12. The zero-order chi connectivity index (χ0) is 22.1. The average Bonchev–Trinajstić information content (AvgIpc) is 3.44. The average molecular weight is 450 g/mol. The molecule has 1 N–H and O–H groups in total. The van der Waals surface area contributed by atoms with Crippen molar-refractivity contribution in [2.45, 2.75) is 12.8 Å². The Kier molecular flexibility index (Phi) is 5.53. The van der Waals surface area contributed by atoms with Gasteiger partial charge < -0.3 is 14.8 Å². The summed E-state index contributed by atoms with van der Waals surface area (Å²) in [5.74, 6) is 1.09. The predicted molar refractivity (Wildman–Crippen MR) is 125 cm³/mol. The van der Waals surface area contributed by atoms with Crippen LogP contribution in [0.1, 0.15) is 12.0 Å². The Morgan fingerprint density at radius 3 is 2.62 bits per heavy atom. The highest BCUT2D eigenvalue weighted by Crippen LogP contribution is 2.29. The van der Waals surface area contributed by atoms with Gasteiger partial charge in [0.25, 0.3) is 0 Å². The van der Waals surface area contributed by atoms with Crippen molar-refractivity contribution in [2.75, 3.05) is 31.1 Å².